The monoisotopic (exact) mass is 361 g/mol. The van der Waals surface area contributed by atoms with Gasteiger partial charge in [-0.2, -0.15) is 0 Å². The fraction of sp³-hybridized carbons (Fsp3) is 0.500. The molecule has 6 heteroatoms. The molecule has 1 amide bonds. The molecule has 1 N–H and O–H groups in total. The molecule has 1 fully saturated rings. The Labute approximate surface area is 154 Å². The average molecular weight is 361 g/mol. The van der Waals surface area contributed by atoms with Crippen LogP contribution in [0, 0.1) is 0 Å². The highest BCUT2D eigenvalue weighted by Gasteiger charge is 2.22. The van der Waals surface area contributed by atoms with Crippen LogP contribution in [0.4, 0.5) is 0 Å². The Morgan fingerprint density at radius 1 is 1.27 bits per heavy atom. The maximum atomic E-state index is 12.0. The van der Waals surface area contributed by atoms with Crippen molar-refractivity contribution in [2.24, 2.45) is 0 Å². The van der Waals surface area contributed by atoms with Crippen molar-refractivity contribution in [3.8, 4) is 11.5 Å². The van der Waals surface area contributed by atoms with Gasteiger partial charge >= 0.3 is 5.97 Å². The minimum atomic E-state index is -0.817. The Morgan fingerprint density at radius 2 is 2.00 bits per heavy atom. The number of carbonyl (C=O) groups excluding carboxylic acids is 2. The third-order valence-corrected chi connectivity index (χ3v) is 4.26. The first-order valence-electron chi connectivity index (χ1n) is 9.03. The normalized spacial score (nSPS) is 15.7. The summed E-state index contributed by atoms with van der Waals surface area (Å²) in [5, 5.41) is 2.92. The second kappa shape index (κ2) is 9.85. The zero-order valence-electron chi connectivity index (χ0n) is 15.6. The van der Waals surface area contributed by atoms with Crippen LogP contribution in [-0.4, -0.2) is 37.7 Å². The molecule has 1 aliphatic rings. The van der Waals surface area contributed by atoms with Crippen molar-refractivity contribution in [2.45, 2.75) is 51.7 Å². The van der Waals surface area contributed by atoms with E-state index in [-0.39, 0.29) is 11.9 Å². The number of nitrogens with one attached hydrogen (secondary N) is 1. The molecule has 6 nitrogen and oxygen atoms in total. The second-order valence-corrected chi connectivity index (χ2v) is 6.25. The molecule has 26 heavy (non-hydrogen) atoms. The van der Waals surface area contributed by atoms with E-state index in [9.17, 15) is 9.59 Å². The summed E-state index contributed by atoms with van der Waals surface area (Å²) in [5.74, 6) is 0.423. The van der Waals surface area contributed by atoms with Gasteiger partial charge < -0.3 is 19.5 Å². The minimum Gasteiger partial charge on any atom is -0.493 e. The molecule has 142 valence electrons. The fourth-order valence-corrected chi connectivity index (χ4v) is 2.88. The number of benzene rings is 1. The summed E-state index contributed by atoms with van der Waals surface area (Å²) in [6, 6.07) is 5.57. The first kappa shape index (κ1) is 19.8. The third-order valence-electron chi connectivity index (χ3n) is 4.26. The van der Waals surface area contributed by atoms with Crippen LogP contribution in [0.2, 0.25) is 0 Å². The number of rotatable bonds is 8. The van der Waals surface area contributed by atoms with Crippen molar-refractivity contribution in [1.82, 2.24) is 5.32 Å². The first-order valence-corrected chi connectivity index (χ1v) is 9.03. The number of amides is 1. The molecule has 0 aromatic heterocycles. The van der Waals surface area contributed by atoms with Gasteiger partial charge in [0.1, 0.15) is 0 Å². The zero-order valence-corrected chi connectivity index (χ0v) is 15.6. The van der Waals surface area contributed by atoms with Crippen LogP contribution in [0.25, 0.3) is 6.08 Å². The SMILES string of the molecule is CCOc1ccc(/C=C/C(=O)O[C@@H](C)C(=O)NC2CCCC2)cc1OC. The van der Waals surface area contributed by atoms with E-state index in [0.29, 0.717) is 18.1 Å². The van der Waals surface area contributed by atoms with Gasteiger partial charge in [0.25, 0.3) is 5.91 Å². The predicted octanol–water partition coefficient (Wildman–Crippen LogP) is 3.10. The average Bonchev–Trinajstić information content (AvgIpc) is 3.14. The standard InChI is InChI=1S/C20H27NO5/c1-4-25-17-11-9-15(13-18(17)24-3)10-12-19(22)26-14(2)20(23)21-16-7-5-6-8-16/h9-14,16H,4-8H2,1-3H3,(H,21,23)/b12-10+/t14-/m0/s1. The van der Waals surface area contributed by atoms with E-state index in [4.69, 9.17) is 14.2 Å². The molecule has 0 unspecified atom stereocenters. The Morgan fingerprint density at radius 3 is 2.65 bits per heavy atom. The van der Waals surface area contributed by atoms with Crippen LogP contribution in [0.1, 0.15) is 45.1 Å². The predicted molar refractivity (Wildman–Crippen MR) is 99.1 cm³/mol. The number of carbonyl (C=O) groups is 2. The van der Waals surface area contributed by atoms with Gasteiger partial charge in [0, 0.05) is 12.1 Å². The van der Waals surface area contributed by atoms with Gasteiger partial charge in [0.2, 0.25) is 0 Å². The van der Waals surface area contributed by atoms with Crippen molar-refractivity contribution in [3.05, 3.63) is 29.8 Å². The van der Waals surface area contributed by atoms with E-state index in [2.05, 4.69) is 5.32 Å². The summed E-state index contributed by atoms with van der Waals surface area (Å²) in [6.07, 6.45) is 6.34. The molecule has 0 bridgehead atoms. The Kier molecular flexibility index (Phi) is 7.51. The molecular formula is C20H27NO5. The molecular weight excluding hydrogens is 334 g/mol. The molecule has 2 rings (SSSR count). The number of ether oxygens (including phenoxy) is 3. The van der Waals surface area contributed by atoms with Gasteiger partial charge in [-0.3, -0.25) is 4.79 Å². The van der Waals surface area contributed by atoms with Gasteiger partial charge in [0.05, 0.1) is 13.7 Å². The van der Waals surface area contributed by atoms with Crippen molar-refractivity contribution in [1.29, 1.82) is 0 Å². The Bertz CT molecular complexity index is 650. The van der Waals surface area contributed by atoms with Gasteiger partial charge in [-0.25, -0.2) is 4.79 Å². The Hall–Kier alpha value is -2.50. The van der Waals surface area contributed by atoms with E-state index >= 15 is 0 Å². The van der Waals surface area contributed by atoms with Crippen LogP contribution in [0.15, 0.2) is 24.3 Å². The maximum Gasteiger partial charge on any atom is 0.331 e. The highest BCUT2D eigenvalue weighted by molar-refractivity contribution is 5.90. The summed E-state index contributed by atoms with van der Waals surface area (Å²) in [6.45, 7) is 4.02. The lowest BCUT2D eigenvalue weighted by Gasteiger charge is -2.16. The molecule has 1 saturated carbocycles. The lowest BCUT2D eigenvalue weighted by atomic mass is 10.2. The van der Waals surface area contributed by atoms with Gasteiger partial charge in [-0.1, -0.05) is 18.9 Å². The second-order valence-electron chi connectivity index (χ2n) is 6.25. The minimum absolute atomic E-state index is 0.204. The number of esters is 1. The molecule has 0 saturated heterocycles. The zero-order chi connectivity index (χ0) is 18.9. The lowest BCUT2D eigenvalue weighted by Crippen LogP contribution is -2.40. The summed E-state index contributed by atoms with van der Waals surface area (Å²) in [4.78, 5) is 24.0. The number of hydrogen-bond acceptors (Lipinski definition) is 5. The van der Waals surface area contributed by atoms with Crippen LogP contribution in [0.5, 0.6) is 11.5 Å². The summed E-state index contributed by atoms with van der Waals surface area (Å²) < 4.78 is 15.9. The van der Waals surface area contributed by atoms with Crippen LogP contribution >= 0.6 is 0 Å². The summed E-state index contributed by atoms with van der Waals surface area (Å²) in [7, 11) is 1.56. The van der Waals surface area contributed by atoms with Crippen molar-refractivity contribution >= 4 is 18.0 Å². The van der Waals surface area contributed by atoms with Gasteiger partial charge in [-0.15, -0.1) is 0 Å². The van der Waals surface area contributed by atoms with E-state index in [1.807, 2.05) is 13.0 Å². The topological polar surface area (TPSA) is 73.9 Å². The third kappa shape index (κ3) is 5.79. The molecule has 1 aliphatic carbocycles. The number of methoxy groups -OCH3 is 1. The molecule has 1 atom stereocenters. The van der Waals surface area contributed by atoms with E-state index in [1.165, 1.54) is 6.08 Å². The van der Waals surface area contributed by atoms with Crippen molar-refractivity contribution in [2.75, 3.05) is 13.7 Å². The fourth-order valence-electron chi connectivity index (χ4n) is 2.88. The molecule has 0 heterocycles. The largest absolute Gasteiger partial charge is 0.493 e. The van der Waals surface area contributed by atoms with E-state index in [0.717, 1.165) is 31.2 Å². The van der Waals surface area contributed by atoms with Crippen molar-refractivity contribution in [3.63, 3.8) is 0 Å². The summed E-state index contributed by atoms with van der Waals surface area (Å²) in [5.41, 5.74) is 0.769. The molecule has 0 spiro atoms. The quantitative estimate of drug-likeness (QED) is 0.569. The van der Waals surface area contributed by atoms with Gasteiger partial charge in [0.15, 0.2) is 17.6 Å². The Balaban J connectivity index is 1.88. The van der Waals surface area contributed by atoms with Gasteiger partial charge in [-0.05, 0) is 50.5 Å². The smallest absolute Gasteiger partial charge is 0.331 e. The molecule has 0 aliphatic heterocycles. The maximum absolute atomic E-state index is 12.0. The molecule has 1 aromatic rings. The lowest BCUT2D eigenvalue weighted by molar-refractivity contribution is -0.150. The molecule has 0 radical (unpaired) electrons. The van der Waals surface area contributed by atoms with Crippen LogP contribution in [0.3, 0.4) is 0 Å². The van der Waals surface area contributed by atoms with E-state index in [1.54, 1.807) is 32.2 Å². The van der Waals surface area contributed by atoms with E-state index < -0.39 is 12.1 Å². The van der Waals surface area contributed by atoms with Crippen LogP contribution in [-0.2, 0) is 14.3 Å². The first-order chi connectivity index (χ1) is 12.5. The molecule has 1 aromatic carbocycles. The van der Waals surface area contributed by atoms with Crippen molar-refractivity contribution < 1.29 is 23.8 Å². The highest BCUT2D eigenvalue weighted by Crippen LogP contribution is 2.28. The van der Waals surface area contributed by atoms with Crippen LogP contribution < -0.4 is 14.8 Å². The summed E-state index contributed by atoms with van der Waals surface area (Å²) >= 11 is 0. The highest BCUT2D eigenvalue weighted by atomic mass is 16.5. The number of hydrogen-bond donors (Lipinski definition) is 1.